The second kappa shape index (κ2) is 4.72. The summed E-state index contributed by atoms with van der Waals surface area (Å²) in [4.78, 5) is 23.7. The van der Waals surface area contributed by atoms with Crippen molar-refractivity contribution in [2.45, 2.75) is 18.6 Å². The summed E-state index contributed by atoms with van der Waals surface area (Å²) in [6.07, 6.45) is -1.10. The smallest absolute Gasteiger partial charge is 0.328 e. The lowest BCUT2D eigenvalue weighted by atomic mass is 10.2. The van der Waals surface area contributed by atoms with Crippen LogP contribution in [-0.4, -0.2) is 48.0 Å². The molecule has 0 unspecified atom stereocenters. The van der Waals surface area contributed by atoms with Crippen molar-refractivity contribution in [3.63, 3.8) is 0 Å². The summed E-state index contributed by atoms with van der Waals surface area (Å²) in [6, 6.07) is -0.764. The van der Waals surface area contributed by atoms with Crippen molar-refractivity contribution in [2.24, 2.45) is 0 Å². The van der Waals surface area contributed by atoms with Crippen LogP contribution in [0.5, 0.6) is 0 Å². The van der Waals surface area contributed by atoms with Gasteiger partial charge in [0, 0.05) is 6.42 Å². The molecular formula is C8H11BrFNO3. The first kappa shape index (κ1) is 11.4. The highest BCUT2D eigenvalue weighted by molar-refractivity contribution is 9.09. The van der Waals surface area contributed by atoms with Crippen LogP contribution in [0.3, 0.4) is 0 Å². The molecule has 0 aromatic heterocycles. The molecule has 0 N–H and O–H groups in total. The standard InChI is InChI=1S/C8H11BrFNO3/c1-14-8(13)6-2-5(10)4-11(6)7(12)3-9/h5-6H,2-4H2,1H3/t5-,6-/m0/s1. The van der Waals surface area contributed by atoms with E-state index in [4.69, 9.17) is 0 Å². The first-order valence-corrected chi connectivity index (χ1v) is 5.29. The van der Waals surface area contributed by atoms with Gasteiger partial charge in [0.2, 0.25) is 5.91 Å². The van der Waals surface area contributed by atoms with Crippen molar-refractivity contribution in [1.82, 2.24) is 4.90 Å². The first-order chi connectivity index (χ1) is 6.60. The van der Waals surface area contributed by atoms with E-state index in [1.165, 1.54) is 12.0 Å². The van der Waals surface area contributed by atoms with Crippen molar-refractivity contribution in [2.75, 3.05) is 19.0 Å². The van der Waals surface area contributed by atoms with Gasteiger partial charge in [0.15, 0.2) is 0 Å². The number of carbonyl (C=O) groups is 2. The lowest BCUT2D eigenvalue weighted by Crippen LogP contribution is -2.41. The van der Waals surface area contributed by atoms with Crippen LogP contribution in [0.25, 0.3) is 0 Å². The molecule has 1 aliphatic rings. The lowest BCUT2D eigenvalue weighted by Gasteiger charge is -2.20. The number of amides is 1. The Labute approximate surface area is 89.5 Å². The van der Waals surface area contributed by atoms with E-state index in [0.29, 0.717) is 0 Å². The number of rotatable bonds is 2. The van der Waals surface area contributed by atoms with Crippen molar-refractivity contribution in [3.05, 3.63) is 0 Å². The fraction of sp³-hybridized carbons (Fsp3) is 0.750. The fourth-order valence-corrected chi connectivity index (χ4v) is 1.82. The molecule has 4 nitrogen and oxygen atoms in total. The molecule has 0 saturated carbocycles. The summed E-state index contributed by atoms with van der Waals surface area (Å²) in [5, 5.41) is 0.0905. The molecule has 1 aliphatic heterocycles. The molecular weight excluding hydrogens is 257 g/mol. The van der Waals surface area contributed by atoms with Crippen LogP contribution in [0.4, 0.5) is 4.39 Å². The third kappa shape index (κ3) is 2.23. The Hall–Kier alpha value is -0.650. The van der Waals surface area contributed by atoms with Gasteiger partial charge in [-0.05, 0) is 0 Å². The van der Waals surface area contributed by atoms with Gasteiger partial charge < -0.3 is 9.64 Å². The van der Waals surface area contributed by atoms with Crippen molar-refractivity contribution < 1.29 is 18.7 Å². The molecule has 1 heterocycles. The Balaban J connectivity index is 2.72. The second-order valence-electron chi connectivity index (χ2n) is 3.05. The molecule has 0 bridgehead atoms. The van der Waals surface area contributed by atoms with Gasteiger partial charge >= 0.3 is 5.97 Å². The molecule has 1 fully saturated rings. The quantitative estimate of drug-likeness (QED) is 0.541. The third-order valence-corrected chi connectivity index (χ3v) is 2.64. The molecule has 0 aromatic rings. The summed E-state index contributed by atoms with van der Waals surface area (Å²) in [7, 11) is 1.23. The zero-order chi connectivity index (χ0) is 10.7. The second-order valence-corrected chi connectivity index (χ2v) is 3.61. The highest BCUT2D eigenvalue weighted by atomic mass is 79.9. The summed E-state index contributed by atoms with van der Waals surface area (Å²) in [5.74, 6) is -0.847. The highest BCUT2D eigenvalue weighted by Crippen LogP contribution is 2.21. The number of nitrogens with zero attached hydrogens (tertiary/aromatic N) is 1. The predicted molar refractivity (Wildman–Crippen MR) is 50.8 cm³/mol. The van der Waals surface area contributed by atoms with E-state index in [-0.39, 0.29) is 24.2 Å². The van der Waals surface area contributed by atoms with Gasteiger partial charge in [-0.15, -0.1) is 0 Å². The van der Waals surface area contributed by atoms with Crippen molar-refractivity contribution in [1.29, 1.82) is 0 Å². The molecule has 6 heteroatoms. The molecule has 80 valence electrons. The number of hydrogen-bond acceptors (Lipinski definition) is 3. The molecule has 14 heavy (non-hydrogen) atoms. The number of hydrogen-bond donors (Lipinski definition) is 0. The largest absolute Gasteiger partial charge is 0.467 e. The number of esters is 1. The maximum absolute atomic E-state index is 13.0. The predicted octanol–water partition coefficient (Wildman–Crippen LogP) is 0.493. The van der Waals surface area contributed by atoms with Crippen molar-refractivity contribution in [3.8, 4) is 0 Å². The van der Waals surface area contributed by atoms with Crippen molar-refractivity contribution >= 4 is 27.8 Å². The van der Waals surface area contributed by atoms with Crippen LogP contribution in [0.1, 0.15) is 6.42 Å². The summed E-state index contributed by atoms with van der Waals surface area (Å²) in [5.41, 5.74) is 0. The lowest BCUT2D eigenvalue weighted by molar-refractivity contribution is -0.150. The number of halogens is 2. The molecule has 0 radical (unpaired) electrons. The van der Waals surface area contributed by atoms with Crippen LogP contribution in [0.2, 0.25) is 0 Å². The van der Waals surface area contributed by atoms with Gasteiger partial charge in [-0.25, -0.2) is 9.18 Å². The molecule has 1 saturated heterocycles. The molecule has 1 amide bonds. The Bertz CT molecular complexity index is 225. The minimum Gasteiger partial charge on any atom is -0.467 e. The number of methoxy groups -OCH3 is 1. The van der Waals surface area contributed by atoms with Gasteiger partial charge in [-0.2, -0.15) is 0 Å². The van der Waals surface area contributed by atoms with Crippen LogP contribution in [-0.2, 0) is 14.3 Å². The Morgan fingerprint density at radius 1 is 1.64 bits per heavy atom. The van der Waals surface area contributed by atoms with Gasteiger partial charge in [0.05, 0.1) is 19.0 Å². The average molecular weight is 268 g/mol. The van der Waals surface area contributed by atoms with E-state index < -0.39 is 18.2 Å². The van der Waals surface area contributed by atoms with Crippen LogP contribution < -0.4 is 0 Å². The number of alkyl halides is 2. The average Bonchev–Trinajstić information content (AvgIpc) is 2.58. The maximum Gasteiger partial charge on any atom is 0.328 e. The minimum atomic E-state index is -1.14. The minimum absolute atomic E-state index is 0.0236. The van der Waals surface area contributed by atoms with Gasteiger partial charge in [-0.1, -0.05) is 15.9 Å². The Morgan fingerprint density at radius 2 is 2.29 bits per heavy atom. The van der Waals surface area contributed by atoms with E-state index >= 15 is 0 Å². The van der Waals surface area contributed by atoms with Crippen LogP contribution in [0, 0.1) is 0 Å². The van der Waals surface area contributed by atoms with Gasteiger partial charge in [-0.3, -0.25) is 4.79 Å². The van der Waals surface area contributed by atoms with Crippen LogP contribution in [0.15, 0.2) is 0 Å². The fourth-order valence-electron chi connectivity index (χ4n) is 1.50. The topological polar surface area (TPSA) is 46.6 Å². The summed E-state index contributed by atoms with van der Waals surface area (Å²) >= 11 is 2.98. The third-order valence-electron chi connectivity index (χ3n) is 2.16. The molecule has 0 spiro atoms. The van der Waals surface area contributed by atoms with E-state index in [2.05, 4.69) is 20.7 Å². The number of carbonyl (C=O) groups excluding carboxylic acids is 2. The van der Waals surface area contributed by atoms with Crippen LogP contribution >= 0.6 is 15.9 Å². The summed E-state index contributed by atoms with van der Waals surface area (Å²) in [6.45, 7) is -0.0236. The maximum atomic E-state index is 13.0. The zero-order valence-electron chi connectivity index (χ0n) is 7.70. The van der Waals surface area contributed by atoms with Gasteiger partial charge in [0.1, 0.15) is 12.2 Å². The SMILES string of the molecule is COC(=O)[C@@H]1C[C@H](F)CN1C(=O)CBr. The Kier molecular flexibility index (Phi) is 3.86. The monoisotopic (exact) mass is 267 g/mol. The molecule has 0 aromatic carbocycles. The Morgan fingerprint density at radius 3 is 2.79 bits per heavy atom. The number of ether oxygens (including phenoxy) is 1. The molecule has 0 aliphatic carbocycles. The first-order valence-electron chi connectivity index (χ1n) is 4.17. The van der Waals surface area contributed by atoms with E-state index in [1.54, 1.807) is 0 Å². The highest BCUT2D eigenvalue weighted by Gasteiger charge is 2.39. The van der Waals surface area contributed by atoms with Gasteiger partial charge in [0.25, 0.3) is 0 Å². The normalized spacial score (nSPS) is 26.4. The number of likely N-dealkylation sites (tertiary alicyclic amines) is 1. The molecule has 2 atom stereocenters. The van der Waals surface area contributed by atoms with E-state index in [9.17, 15) is 14.0 Å². The van der Waals surface area contributed by atoms with E-state index in [1.807, 2.05) is 0 Å². The summed E-state index contributed by atoms with van der Waals surface area (Å²) < 4.78 is 17.5. The molecule has 1 rings (SSSR count). The van der Waals surface area contributed by atoms with E-state index in [0.717, 1.165) is 0 Å². The zero-order valence-corrected chi connectivity index (χ0v) is 9.29.